The molecule has 0 spiro atoms. The lowest BCUT2D eigenvalue weighted by atomic mass is 10.1. The monoisotopic (exact) mass is 571 g/mol. The van der Waals surface area contributed by atoms with Crippen LogP contribution in [0.4, 0.5) is 5.82 Å². The van der Waals surface area contributed by atoms with E-state index in [1.54, 1.807) is 37.5 Å². The summed E-state index contributed by atoms with van der Waals surface area (Å²) in [6.07, 6.45) is 1.76. The number of ether oxygens (including phenoxy) is 1. The smallest absolute Gasteiger partial charge is 0.332 e. The Hall–Kier alpha value is -4.88. The number of pyridine rings is 1. The van der Waals surface area contributed by atoms with Crippen LogP contribution in [0.15, 0.2) is 82.5 Å². The maximum absolute atomic E-state index is 13.6. The number of hydrogen-bond acceptors (Lipinski definition) is 7. The molecule has 210 valence electrons. The number of aromatic nitrogens is 5. The zero-order valence-corrected chi connectivity index (χ0v) is 23.8. The minimum Gasteiger partial charge on any atom is -0.492 e. The van der Waals surface area contributed by atoms with E-state index in [0.29, 0.717) is 53.6 Å². The molecule has 3 heterocycles. The van der Waals surface area contributed by atoms with E-state index in [4.69, 9.17) is 9.72 Å². The lowest BCUT2D eigenvalue weighted by molar-refractivity contribution is 0.325. The Balaban J connectivity index is 0.00000387. The van der Waals surface area contributed by atoms with E-state index in [-0.39, 0.29) is 19.0 Å². The molecule has 41 heavy (non-hydrogen) atoms. The second-order valence-corrected chi connectivity index (χ2v) is 9.34. The van der Waals surface area contributed by atoms with Crippen LogP contribution in [0, 0.1) is 11.3 Å². The average Bonchev–Trinajstić information content (AvgIpc) is 3.39. The van der Waals surface area contributed by atoms with Crippen molar-refractivity contribution in [3.8, 4) is 23.2 Å². The van der Waals surface area contributed by atoms with Crippen LogP contribution in [-0.4, -0.2) is 43.9 Å². The van der Waals surface area contributed by atoms with Crippen LogP contribution in [0.2, 0.25) is 0 Å². The molecule has 10 nitrogen and oxygen atoms in total. The van der Waals surface area contributed by atoms with Gasteiger partial charge in [0.15, 0.2) is 11.2 Å². The molecule has 0 bridgehead atoms. The Morgan fingerprint density at radius 1 is 1.00 bits per heavy atom. The van der Waals surface area contributed by atoms with Crippen molar-refractivity contribution in [2.45, 2.75) is 20.0 Å². The summed E-state index contributed by atoms with van der Waals surface area (Å²) in [5.74, 6) is 2.17. The molecule has 2 aromatic carbocycles. The van der Waals surface area contributed by atoms with Crippen molar-refractivity contribution in [1.82, 2.24) is 23.7 Å². The SMILES string of the molecule is CCn1c(-c2ccc(OCCN(C)c3ccccn3)cc2)nc2c1c(=O)n(Cc1ccccc1C#N)c(=O)n2C.Cl. The Bertz CT molecular complexity index is 1820. The number of benzene rings is 2. The normalized spacial score (nSPS) is 10.7. The average molecular weight is 572 g/mol. The predicted molar refractivity (Wildman–Crippen MR) is 161 cm³/mol. The highest BCUT2D eigenvalue weighted by Gasteiger charge is 2.21. The van der Waals surface area contributed by atoms with Gasteiger partial charge in [-0.3, -0.25) is 13.9 Å². The predicted octanol–water partition coefficient (Wildman–Crippen LogP) is 3.84. The molecule has 0 aliphatic carbocycles. The number of hydrogen-bond donors (Lipinski definition) is 0. The summed E-state index contributed by atoms with van der Waals surface area (Å²) in [7, 11) is 3.57. The Labute approximate surface area is 243 Å². The van der Waals surface area contributed by atoms with Gasteiger partial charge >= 0.3 is 5.69 Å². The van der Waals surface area contributed by atoms with Crippen LogP contribution in [-0.2, 0) is 20.1 Å². The molecule has 3 aromatic heterocycles. The van der Waals surface area contributed by atoms with Crippen molar-refractivity contribution in [2.24, 2.45) is 7.05 Å². The number of rotatable bonds is 9. The first-order valence-electron chi connectivity index (χ1n) is 13.0. The Morgan fingerprint density at radius 3 is 2.41 bits per heavy atom. The third-order valence-electron chi connectivity index (χ3n) is 6.86. The van der Waals surface area contributed by atoms with Crippen LogP contribution in [0.1, 0.15) is 18.1 Å². The Morgan fingerprint density at radius 2 is 1.73 bits per heavy atom. The van der Waals surface area contributed by atoms with E-state index >= 15 is 0 Å². The summed E-state index contributed by atoms with van der Waals surface area (Å²) in [5.41, 5.74) is 1.55. The minimum atomic E-state index is -0.489. The number of nitrogens with zero attached hydrogens (tertiary/aromatic N) is 7. The van der Waals surface area contributed by atoms with Crippen LogP contribution in [0.3, 0.4) is 0 Å². The van der Waals surface area contributed by atoms with Gasteiger partial charge in [0.05, 0.1) is 24.7 Å². The fraction of sp³-hybridized carbons (Fsp3) is 0.233. The zero-order valence-electron chi connectivity index (χ0n) is 23.0. The number of fused-ring (bicyclic) bond motifs is 1. The molecule has 11 heteroatoms. The second kappa shape index (κ2) is 12.5. The number of aryl methyl sites for hydroxylation is 2. The van der Waals surface area contributed by atoms with Crippen molar-refractivity contribution >= 4 is 29.4 Å². The van der Waals surface area contributed by atoms with Gasteiger partial charge in [-0.2, -0.15) is 5.26 Å². The first-order valence-corrected chi connectivity index (χ1v) is 13.0. The van der Waals surface area contributed by atoms with E-state index in [1.165, 1.54) is 4.57 Å². The largest absolute Gasteiger partial charge is 0.492 e. The van der Waals surface area contributed by atoms with Crippen molar-refractivity contribution in [2.75, 3.05) is 25.1 Å². The number of anilines is 1. The molecule has 0 saturated carbocycles. The number of halogens is 1. The maximum Gasteiger partial charge on any atom is 0.332 e. The molecule has 5 aromatic rings. The molecule has 0 unspecified atom stereocenters. The van der Waals surface area contributed by atoms with Gasteiger partial charge in [-0.1, -0.05) is 24.3 Å². The maximum atomic E-state index is 13.6. The highest BCUT2D eigenvalue weighted by Crippen LogP contribution is 2.25. The van der Waals surface area contributed by atoms with Gasteiger partial charge in [-0.15, -0.1) is 12.4 Å². The molecular weight excluding hydrogens is 542 g/mol. The Kier molecular flexibility index (Phi) is 8.90. The summed E-state index contributed by atoms with van der Waals surface area (Å²) < 4.78 is 10.3. The molecule has 0 fully saturated rings. The highest BCUT2D eigenvalue weighted by molar-refractivity contribution is 5.85. The molecule has 0 atom stereocenters. The van der Waals surface area contributed by atoms with E-state index in [1.807, 2.05) is 65.9 Å². The number of imidazole rings is 1. The molecule has 0 aliphatic heterocycles. The zero-order chi connectivity index (χ0) is 28.2. The quantitative estimate of drug-likeness (QED) is 0.264. The summed E-state index contributed by atoms with van der Waals surface area (Å²) in [5, 5.41) is 9.46. The van der Waals surface area contributed by atoms with Crippen molar-refractivity contribution < 1.29 is 4.74 Å². The van der Waals surface area contributed by atoms with Crippen LogP contribution >= 0.6 is 12.4 Å². The van der Waals surface area contributed by atoms with Gasteiger partial charge in [0.25, 0.3) is 5.56 Å². The lowest BCUT2D eigenvalue weighted by Gasteiger charge is -2.18. The van der Waals surface area contributed by atoms with E-state index in [9.17, 15) is 14.9 Å². The topological polar surface area (TPSA) is 111 Å². The fourth-order valence-electron chi connectivity index (χ4n) is 4.67. The summed E-state index contributed by atoms with van der Waals surface area (Å²) >= 11 is 0. The molecule has 0 aliphatic rings. The second-order valence-electron chi connectivity index (χ2n) is 9.34. The van der Waals surface area contributed by atoms with Crippen molar-refractivity contribution in [3.63, 3.8) is 0 Å². The van der Waals surface area contributed by atoms with Crippen molar-refractivity contribution in [3.05, 3.63) is 105 Å². The van der Waals surface area contributed by atoms with Crippen LogP contribution < -0.4 is 20.9 Å². The standard InChI is InChI=1S/C30H29N7O3.ClH/c1-4-36-26-28(35(3)30(39)37(29(26)38)20-23-10-6-5-9-22(23)19-31)33-27(36)21-12-14-24(15-13-21)40-18-17-34(2)25-11-7-8-16-32-25;/h5-16H,4,17-18,20H2,1-3H3;1H. The molecule has 0 N–H and O–H groups in total. The molecule has 0 saturated heterocycles. The van der Waals surface area contributed by atoms with E-state index < -0.39 is 11.2 Å². The van der Waals surface area contributed by atoms with E-state index in [2.05, 4.69) is 11.1 Å². The van der Waals surface area contributed by atoms with Gasteiger partial charge in [0.1, 0.15) is 24.0 Å². The van der Waals surface area contributed by atoms with Crippen LogP contribution in [0.5, 0.6) is 5.75 Å². The fourth-order valence-corrected chi connectivity index (χ4v) is 4.67. The number of likely N-dealkylation sites (N-methyl/N-ethyl adjacent to an activating group) is 1. The lowest BCUT2D eigenvalue weighted by Crippen LogP contribution is -2.40. The van der Waals surface area contributed by atoms with Gasteiger partial charge in [0.2, 0.25) is 0 Å². The van der Waals surface area contributed by atoms with E-state index in [0.717, 1.165) is 15.9 Å². The molecule has 0 radical (unpaired) electrons. The van der Waals surface area contributed by atoms with Gasteiger partial charge < -0.3 is 14.2 Å². The van der Waals surface area contributed by atoms with Gasteiger partial charge in [0, 0.05) is 32.4 Å². The molecule has 0 amide bonds. The molecule has 5 rings (SSSR count). The van der Waals surface area contributed by atoms with Crippen LogP contribution in [0.25, 0.3) is 22.6 Å². The molecular formula is C30H30ClN7O3. The minimum absolute atomic E-state index is 0. The summed E-state index contributed by atoms with van der Waals surface area (Å²) in [6, 6.07) is 22.4. The number of nitriles is 1. The summed E-state index contributed by atoms with van der Waals surface area (Å²) in [6.45, 7) is 3.56. The first kappa shape index (κ1) is 29.1. The summed E-state index contributed by atoms with van der Waals surface area (Å²) in [4.78, 5) is 37.9. The highest BCUT2D eigenvalue weighted by atomic mass is 35.5. The third kappa shape index (κ3) is 5.71. The van der Waals surface area contributed by atoms with Crippen molar-refractivity contribution in [1.29, 1.82) is 5.26 Å². The van der Waals surface area contributed by atoms with Gasteiger partial charge in [-0.05, 0) is 55.0 Å². The third-order valence-corrected chi connectivity index (χ3v) is 6.86. The first-order chi connectivity index (χ1) is 19.4. The van der Waals surface area contributed by atoms with Gasteiger partial charge in [-0.25, -0.2) is 14.8 Å².